The molecule has 0 bridgehead atoms. The van der Waals surface area contributed by atoms with E-state index < -0.39 is 0 Å². The zero-order chi connectivity index (χ0) is 23.1. The number of fused-ring (bicyclic) bond motifs is 1. The van der Waals surface area contributed by atoms with Crippen LogP contribution in [0.15, 0.2) is 95.9 Å². The predicted octanol–water partition coefficient (Wildman–Crippen LogP) is 4.87. The van der Waals surface area contributed by atoms with Crippen LogP contribution in [0, 0.1) is 0 Å². The highest BCUT2D eigenvalue weighted by atomic mass is 35.5. The van der Waals surface area contributed by atoms with Crippen LogP contribution in [0.3, 0.4) is 0 Å². The van der Waals surface area contributed by atoms with Gasteiger partial charge in [0.1, 0.15) is 5.69 Å². The van der Waals surface area contributed by atoms with Crippen LogP contribution in [0.25, 0.3) is 39.4 Å². The molecule has 3 heterocycles. The molecule has 0 fully saturated rings. The SMILES string of the molecule is O=c1/c(=C/c2cn(-c3ccccc3)nc2-c2ccc(Cl)cc2)sc2nc(-c3ccccc3)nn12. The zero-order valence-electron chi connectivity index (χ0n) is 17.7. The van der Waals surface area contributed by atoms with Crippen molar-refractivity contribution in [3.05, 3.63) is 117 Å². The van der Waals surface area contributed by atoms with Gasteiger partial charge in [0.15, 0.2) is 5.82 Å². The highest BCUT2D eigenvalue weighted by Crippen LogP contribution is 2.26. The van der Waals surface area contributed by atoms with Crippen LogP contribution in [0.5, 0.6) is 0 Å². The number of hydrogen-bond donors (Lipinski definition) is 0. The summed E-state index contributed by atoms with van der Waals surface area (Å²) in [5.41, 5.74) is 4.07. The number of halogens is 1. The molecule has 6 rings (SSSR count). The minimum atomic E-state index is -0.204. The summed E-state index contributed by atoms with van der Waals surface area (Å²) in [6, 6.07) is 27.0. The molecule has 0 unspecified atom stereocenters. The van der Waals surface area contributed by atoms with Crippen molar-refractivity contribution < 1.29 is 0 Å². The molecule has 0 N–H and O–H groups in total. The number of thiazole rings is 1. The largest absolute Gasteiger partial charge is 0.291 e. The molecular weight excluding hydrogens is 466 g/mol. The first kappa shape index (κ1) is 20.5. The quantitative estimate of drug-likeness (QED) is 0.360. The number of hydrogen-bond acceptors (Lipinski definition) is 5. The van der Waals surface area contributed by atoms with Gasteiger partial charge in [0, 0.05) is 27.9 Å². The highest BCUT2D eigenvalue weighted by Gasteiger charge is 2.15. The minimum Gasteiger partial charge on any atom is -0.266 e. The molecule has 0 radical (unpaired) electrons. The molecule has 164 valence electrons. The van der Waals surface area contributed by atoms with E-state index in [0.717, 1.165) is 28.1 Å². The molecule has 8 heteroatoms. The van der Waals surface area contributed by atoms with E-state index in [9.17, 15) is 4.79 Å². The van der Waals surface area contributed by atoms with Gasteiger partial charge in [-0.1, -0.05) is 83.6 Å². The summed E-state index contributed by atoms with van der Waals surface area (Å²) in [7, 11) is 0. The van der Waals surface area contributed by atoms with Crippen molar-refractivity contribution in [2.75, 3.05) is 0 Å². The van der Waals surface area contributed by atoms with Gasteiger partial charge in [0.2, 0.25) is 4.96 Å². The van der Waals surface area contributed by atoms with Crippen molar-refractivity contribution in [3.8, 4) is 28.3 Å². The van der Waals surface area contributed by atoms with Gasteiger partial charge >= 0.3 is 0 Å². The maximum atomic E-state index is 13.1. The first-order chi connectivity index (χ1) is 16.7. The van der Waals surface area contributed by atoms with Gasteiger partial charge in [-0.25, -0.2) is 4.68 Å². The fourth-order valence-electron chi connectivity index (χ4n) is 3.72. The molecule has 3 aromatic heterocycles. The molecule has 0 aliphatic rings. The van der Waals surface area contributed by atoms with Crippen molar-refractivity contribution in [1.29, 1.82) is 0 Å². The monoisotopic (exact) mass is 481 g/mol. The number of benzene rings is 3. The van der Waals surface area contributed by atoms with Crippen LogP contribution in [-0.4, -0.2) is 24.4 Å². The number of para-hydroxylation sites is 1. The lowest BCUT2D eigenvalue weighted by atomic mass is 10.1. The normalized spacial score (nSPS) is 12.0. The van der Waals surface area contributed by atoms with Gasteiger partial charge in [-0.15, -0.1) is 5.10 Å². The van der Waals surface area contributed by atoms with Gasteiger partial charge in [-0.05, 0) is 30.3 Å². The molecule has 6 aromatic rings. The summed E-state index contributed by atoms with van der Waals surface area (Å²) in [6.45, 7) is 0. The van der Waals surface area contributed by atoms with Crippen LogP contribution < -0.4 is 10.1 Å². The Kier molecular flexibility index (Phi) is 5.05. The maximum absolute atomic E-state index is 13.1. The van der Waals surface area contributed by atoms with E-state index in [-0.39, 0.29) is 5.56 Å². The Labute approximate surface area is 203 Å². The Morgan fingerprint density at radius 2 is 1.53 bits per heavy atom. The van der Waals surface area contributed by atoms with Crippen LogP contribution >= 0.6 is 22.9 Å². The van der Waals surface area contributed by atoms with Gasteiger partial charge in [-0.2, -0.15) is 14.6 Å². The predicted molar refractivity (Wildman–Crippen MR) is 135 cm³/mol. The second-order valence-electron chi connectivity index (χ2n) is 7.63. The number of rotatable bonds is 4. The minimum absolute atomic E-state index is 0.204. The first-order valence-corrected chi connectivity index (χ1v) is 11.7. The second kappa shape index (κ2) is 8.37. The standard InChI is InChI=1S/C26H16ClN5OS/c27-20-13-11-17(12-14-20)23-19(16-31(29-23)21-9-5-2-6-10-21)15-22-25(33)32-26(34-22)28-24(30-32)18-7-3-1-4-8-18/h1-16H/b22-15-. The lowest BCUT2D eigenvalue weighted by Gasteiger charge is -2.00. The van der Waals surface area contributed by atoms with E-state index >= 15 is 0 Å². The number of nitrogens with zero attached hydrogens (tertiary/aromatic N) is 5. The van der Waals surface area contributed by atoms with Crippen molar-refractivity contribution in [2.45, 2.75) is 0 Å². The summed E-state index contributed by atoms with van der Waals surface area (Å²) in [5.74, 6) is 0.536. The summed E-state index contributed by atoms with van der Waals surface area (Å²) >= 11 is 7.40. The fraction of sp³-hybridized carbons (Fsp3) is 0. The van der Waals surface area contributed by atoms with Crippen molar-refractivity contribution >= 4 is 34.0 Å². The molecule has 0 aliphatic heterocycles. The first-order valence-electron chi connectivity index (χ1n) is 10.5. The summed E-state index contributed by atoms with van der Waals surface area (Å²) < 4.78 is 3.71. The fourth-order valence-corrected chi connectivity index (χ4v) is 4.75. The average molecular weight is 482 g/mol. The third-order valence-corrected chi connectivity index (χ3v) is 6.59. The Morgan fingerprint density at radius 3 is 2.24 bits per heavy atom. The lowest BCUT2D eigenvalue weighted by molar-refractivity contribution is 0.884. The molecule has 34 heavy (non-hydrogen) atoms. The topological polar surface area (TPSA) is 65.1 Å². The lowest BCUT2D eigenvalue weighted by Crippen LogP contribution is -2.23. The Bertz CT molecular complexity index is 1720. The Hall–Kier alpha value is -4.07. The van der Waals surface area contributed by atoms with Crippen molar-refractivity contribution in [3.63, 3.8) is 0 Å². The molecule has 0 saturated carbocycles. The Balaban J connectivity index is 1.50. The molecular formula is C26H16ClN5OS. The molecule has 0 aliphatic carbocycles. The highest BCUT2D eigenvalue weighted by molar-refractivity contribution is 7.15. The van der Waals surface area contributed by atoms with E-state index in [1.807, 2.05) is 102 Å². The van der Waals surface area contributed by atoms with Crippen LogP contribution in [0.4, 0.5) is 0 Å². The smallest absolute Gasteiger partial charge is 0.266 e. The van der Waals surface area contributed by atoms with Gasteiger partial charge in [0.05, 0.1) is 10.2 Å². The number of aromatic nitrogens is 5. The van der Waals surface area contributed by atoms with E-state index in [2.05, 4.69) is 10.1 Å². The van der Waals surface area contributed by atoms with Gasteiger partial charge in [-0.3, -0.25) is 4.79 Å². The summed E-state index contributed by atoms with van der Waals surface area (Å²) in [4.78, 5) is 18.3. The van der Waals surface area contributed by atoms with Gasteiger partial charge in [0.25, 0.3) is 5.56 Å². The maximum Gasteiger partial charge on any atom is 0.291 e. The molecule has 0 spiro atoms. The molecule has 0 amide bonds. The van der Waals surface area contributed by atoms with Crippen LogP contribution in [0.1, 0.15) is 5.56 Å². The molecule has 3 aromatic carbocycles. The van der Waals surface area contributed by atoms with E-state index in [1.54, 1.807) is 0 Å². The third kappa shape index (κ3) is 3.71. The van der Waals surface area contributed by atoms with E-state index in [4.69, 9.17) is 16.7 Å². The van der Waals surface area contributed by atoms with Gasteiger partial charge < -0.3 is 0 Å². The van der Waals surface area contributed by atoms with E-state index in [0.29, 0.717) is 20.3 Å². The van der Waals surface area contributed by atoms with Crippen molar-refractivity contribution in [2.24, 2.45) is 0 Å². The third-order valence-electron chi connectivity index (χ3n) is 5.38. The van der Waals surface area contributed by atoms with Crippen molar-refractivity contribution in [1.82, 2.24) is 24.4 Å². The van der Waals surface area contributed by atoms with Crippen LogP contribution in [0.2, 0.25) is 5.02 Å². The summed E-state index contributed by atoms with van der Waals surface area (Å²) in [5, 5.41) is 9.90. The van der Waals surface area contributed by atoms with E-state index in [1.165, 1.54) is 15.9 Å². The summed E-state index contributed by atoms with van der Waals surface area (Å²) in [6.07, 6.45) is 3.77. The second-order valence-corrected chi connectivity index (χ2v) is 9.08. The zero-order valence-corrected chi connectivity index (χ0v) is 19.2. The van der Waals surface area contributed by atoms with Crippen LogP contribution in [-0.2, 0) is 0 Å². The molecule has 0 atom stereocenters. The Morgan fingerprint density at radius 1 is 0.824 bits per heavy atom. The molecule has 6 nitrogen and oxygen atoms in total. The molecule has 0 saturated heterocycles. The average Bonchev–Trinajstić information content (AvgIpc) is 3.56.